The van der Waals surface area contributed by atoms with Crippen LogP contribution in [-0.4, -0.2) is 28.6 Å². The maximum Gasteiger partial charge on any atom is 0.251 e. The van der Waals surface area contributed by atoms with Gasteiger partial charge in [0.15, 0.2) is 0 Å². The van der Waals surface area contributed by atoms with Crippen LogP contribution in [0.3, 0.4) is 0 Å². The van der Waals surface area contributed by atoms with Crippen LogP contribution in [0.15, 0.2) is 54.6 Å². The zero-order valence-corrected chi connectivity index (χ0v) is 17.0. The van der Waals surface area contributed by atoms with E-state index in [0.29, 0.717) is 11.3 Å². The van der Waals surface area contributed by atoms with Gasteiger partial charge in [0.2, 0.25) is 5.91 Å². The van der Waals surface area contributed by atoms with E-state index in [9.17, 15) is 9.59 Å². The van der Waals surface area contributed by atoms with Gasteiger partial charge in [0.25, 0.3) is 5.91 Å². The number of aryl methyl sites for hydroxylation is 2. The summed E-state index contributed by atoms with van der Waals surface area (Å²) >= 11 is 0. The average molecular weight is 388 g/mol. The van der Waals surface area contributed by atoms with Crippen LogP contribution in [0, 0.1) is 20.8 Å². The Balaban J connectivity index is 1.73. The summed E-state index contributed by atoms with van der Waals surface area (Å²) < 4.78 is 1.83. The van der Waals surface area contributed by atoms with Gasteiger partial charge in [0.1, 0.15) is 0 Å². The molecule has 1 aromatic heterocycles. The number of aromatic nitrogens is 2. The van der Waals surface area contributed by atoms with Crippen LogP contribution in [0.4, 0.5) is 5.69 Å². The molecule has 0 spiro atoms. The average Bonchev–Trinajstić information content (AvgIpc) is 3.01. The van der Waals surface area contributed by atoms with Crippen molar-refractivity contribution in [1.29, 1.82) is 0 Å². The van der Waals surface area contributed by atoms with Gasteiger partial charge in [-0.25, -0.2) is 4.68 Å². The molecule has 2 aromatic carbocycles. The third-order valence-corrected chi connectivity index (χ3v) is 4.65. The fourth-order valence-electron chi connectivity index (χ4n) is 2.99. The molecular formula is C23H24N4O2. The molecule has 0 atom stereocenters. The summed E-state index contributed by atoms with van der Waals surface area (Å²) in [7, 11) is 1.59. The van der Waals surface area contributed by atoms with Gasteiger partial charge >= 0.3 is 0 Å². The van der Waals surface area contributed by atoms with E-state index in [1.54, 1.807) is 37.4 Å². The van der Waals surface area contributed by atoms with Crippen molar-refractivity contribution in [2.75, 3.05) is 12.4 Å². The van der Waals surface area contributed by atoms with Crippen LogP contribution in [0.5, 0.6) is 0 Å². The number of hydrogen-bond donors (Lipinski definition) is 2. The highest BCUT2D eigenvalue weighted by atomic mass is 16.2. The smallest absolute Gasteiger partial charge is 0.251 e. The minimum absolute atomic E-state index is 0.144. The van der Waals surface area contributed by atoms with Crippen LogP contribution in [0.1, 0.15) is 32.9 Å². The van der Waals surface area contributed by atoms with Crippen molar-refractivity contribution >= 4 is 23.6 Å². The Kier molecular flexibility index (Phi) is 5.93. The second kappa shape index (κ2) is 8.56. The molecule has 0 saturated carbocycles. The monoisotopic (exact) mass is 388 g/mol. The molecule has 0 saturated heterocycles. The molecular weight excluding hydrogens is 364 g/mol. The number of rotatable bonds is 5. The summed E-state index contributed by atoms with van der Waals surface area (Å²) in [5.74, 6) is -0.384. The SMILES string of the molecule is CNC(=O)c1ccc(C=CC(=O)Nc2c(C)nn(-c3ccc(C)cc3)c2C)cc1. The molecule has 0 aliphatic rings. The second-order valence-corrected chi connectivity index (χ2v) is 6.82. The zero-order valence-electron chi connectivity index (χ0n) is 17.0. The first-order valence-electron chi connectivity index (χ1n) is 9.33. The molecule has 3 aromatic rings. The van der Waals surface area contributed by atoms with Gasteiger partial charge in [-0.3, -0.25) is 9.59 Å². The molecule has 0 bridgehead atoms. The number of hydrogen-bond acceptors (Lipinski definition) is 3. The molecule has 3 rings (SSSR count). The van der Waals surface area contributed by atoms with Crippen LogP contribution in [-0.2, 0) is 4.79 Å². The number of nitrogens with zero attached hydrogens (tertiary/aromatic N) is 2. The van der Waals surface area contributed by atoms with E-state index in [2.05, 4.69) is 15.7 Å². The molecule has 29 heavy (non-hydrogen) atoms. The molecule has 0 aliphatic heterocycles. The Morgan fingerprint density at radius 2 is 1.62 bits per heavy atom. The van der Waals surface area contributed by atoms with E-state index in [0.717, 1.165) is 22.6 Å². The lowest BCUT2D eigenvalue weighted by Gasteiger charge is -2.06. The lowest BCUT2D eigenvalue weighted by molar-refractivity contribution is -0.111. The van der Waals surface area contributed by atoms with Gasteiger partial charge in [-0.05, 0) is 56.7 Å². The van der Waals surface area contributed by atoms with E-state index in [4.69, 9.17) is 0 Å². The van der Waals surface area contributed by atoms with Crippen LogP contribution in [0.2, 0.25) is 0 Å². The van der Waals surface area contributed by atoms with Crippen LogP contribution < -0.4 is 10.6 Å². The van der Waals surface area contributed by atoms with Crippen molar-refractivity contribution in [2.24, 2.45) is 0 Å². The van der Waals surface area contributed by atoms with E-state index in [1.807, 2.05) is 49.7 Å². The molecule has 148 valence electrons. The summed E-state index contributed by atoms with van der Waals surface area (Å²) in [6, 6.07) is 15.1. The maximum absolute atomic E-state index is 12.4. The second-order valence-electron chi connectivity index (χ2n) is 6.82. The first kappa shape index (κ1) is 20.1. The molecule has 1 heterocycles. The van der Waals surface area contributed by atoms with E-state index in [-0.39, 0.29) is 11.8 Å². The number of amides is 2. The fourth-order valence-corrected chi connectivity index (χ4v) is 2.99. The third-order valence-electron chi connectivity index (χ3n) is 4.65. The summed E-state index contributed by atoms with van der Waals surface area (Å²) in [6.07, 6.45) is 3.18. The Morgan fingerprint density at radius 1 is 0.966 bits per heavy atom. The van der Waals surface area contributed by atoms with Gasteiger partial charge in [0.05, 0.1) is 22.8 Å². The minimum Gasteiger partial charge on any atom is -0.355 e. The molecule has 0 fully saturated rings. The minimum atomic E-state index is -0.241. The highest BCUT2D eigenvalue weighted by Crippen LogP contribution is 2.23. The zero-order chi connectivity index (χ0) is 21.0. The van der Waals surface area contributed by atoms with Crippen molar-refractivity contribution in [3.63, 3.8) is 0 Å². The predicted octanol–water partition coefficient (Wildman–Crippen LogP) is 3.81. The number of nitrogens with one attached hydrogen (secondary N) is 2. The highest BCUT2D eigenvalue weighted by Gasteiger charge is 2.14. The van der Waals surface area contributed by atoms with Crippen molar-refractivity contribution in [1.82, 2.24) is 15.1 Å². The van der Waals surface area contributed by atoms with Gasteiger partial charge < -0.3 is 10.6 Å². The maximum atomic E-state index is 12.4. The van der Waals surface area contributed by atoms with Gasteiger partial charge in [0, 0.05) is 18.7 Å². The molecule has 0 radical (unpaired) electrons. The quantitative estimate of drug-likeness (QED) is 0.653. The largest absolute Gasteiger partial charge is 0.355 e. The summed E-state index contributed by atoms with van der Waals surface area (Å²) in [5, 5.41) is 10.0. The summed E-state index contributed by atoms with van der Waals surface area (Å²) in [6.45, 7) is 5.83. The Bertz CT molecular complexity index is 1060. The topological polar surface area (TPSA) is 76.0 Å². The molecule has 2 amide bonds. The van der Waals surface area contributed by atoms with Crippen molar-refractivity contribution in [2.45, 2.75) is 20.8 Å². The highest BCUT2D eigenvalue weighted by molar-refractivity contribution is 6.02. The summed E-state index contributed by atoms with van der Waals surface area (Å²) in [5.41, 5.74) is 5.85. The molecule has 6 nitrogen and oxygen atoms in total. The number of anilines is 1. The fraction of sp³-hybridized carbons (Fsp3) is 0.174. The van der Waals surface area contributed by atoms with Crippen molar-refractivity contribution in [3.05, 3.63) is 82.7 Å². The summed E-state index contributed by atoms with van der Waals surface area (Å²) in [4.78, 5) is 24.0. The van der Waals surface area contributed by atoms with Crippen LogP contribution >= 0.6 is 0 Å². The molecule has 0 unspecified atom stereocenters. The molecule has 0 aliphatic carbocycles. The Hall–Kier alpha value is -3.67. The Labute approximate surface area is 170 Å². The standard InChI is InChI=1S/C23H24N4O2/c1-15-5-12-20(13-6-15)27-17(3)22(16(2)26-27)25-21(28)14-9-18-7-10-19(11-8-18)23(29)24-4/h5-14H,1-4H3,(H,24,29)(H,25,28). The van der Waals surface area contributed by atoms with Crippen molar-refractivity contribution in [3.8, 4) is 5.69 Å². The lowest BCUT2D eigenvalue weighted by atomic mass is 10.1. The molecule has 6 heteroatoms. The normalized spacial score (nSPS) is 10.9. The van der Waals surface area contributed by atoms with E-state index in [1.165, 1.54) is 11.6 Å². The predicted molar refractivity (Wildman–Crippen MR) is 115 cm³/mol. The van der Waals surface area contributed by atoms with Crippen LogP contribution in [0.25, 0.3) is 11.8 Å². The number of carbonyl (C=O) groups excluding carboxylic acids is 2. The lowest BCUT2D eigenvalue weighted by Crippen LogP contribution is -2.17. The first-order valence-corrected chi connectivity index (χ1v) is 9.33. The first-order chi connectivity index (χ1) is 13.9. The van der Waals surface area contributed by atoms with Gasteiger partial charge in [-0.15, -0.1) is 0 Å². The van der Waals surface area contributed by atoms with Gasteiger partial charge in [-0.1, -0.05) is 29.8 Å². The number of benzene rings is 2. The van der Waals surface area contributed by atoms with Crippen molar-refractivity contribution < 1.29 is 9.59 Å². The van der Waals surface area contributed by atoms with Gasteiger partial charge in [-0.2, -0.15) is 5.10 Å². The number of carbonyl (C=O) groups is 2. The Morgan fingerprint density at radius 3 is 2.24 bits per heavy atom. The molecule has 2 N–H and O–H groups in total. The third kappa shape index (κ3) is 4.60. The van der Waals surface area contributed by atoms with E-state index < -0.39 is 0 Å². The van der Waals surface area contributed by atoms with E-state index >= 15 is 0 Å².